The number of cyclic esters (lactones) is 1. The highest BCUT2D eigenvalue weighted by Crippen LogP contribution is 2.31. The Morgan fingerprint density at radius 3 is 1.90 bits per heavy atom. The number of unbranched alkanes of at least 4 members (excludes halogenated alkanes) is 1. The van der Waals surface area contributed by atoms with Crippen molar-refractivity contribution < 1.29 is 60.4 Å². The Morgan fingerprint density at radius 1 is 0.952 bits per heavy atom. The van der Waals surface area contributed by atoms with Gasteiger partial charge in [0.05, 0.1) is 26.1 Å². The monoisotopic (exact) mass is 612 g/mol. The molecule has 1 amide bonds. The number of benzene rings is 1. The zero-order valence-electron chi connectivity index (χ0n) is 22.8. The molecule has 2 atom stereocenters. The molecule has 236 valence electrons. The third kappa shape index (κ3) is 15.7. The highest BCUT2D eigenvalue weighted by Gasteiger charge is 2.38. The van der Waals surface area contributed by atoms with E-state index in [1.165, 1.54) is 0 Å². The van der Waals surface area contributed by atoms with E-state index >= 15 is 0 Å². The number of nitrogens with zero attached hydrogens (tertiary/aromatic N) is 1. The lowest BCUT2D eigenvalue weighted by molar-refractivity contribution is -0.156. The molecule has 3 heterocycles. The minimum Gasteiger partial charge on any atom is -0.429 e. The summed E-state index contributed by atoms with van der Waals surface area (Å²) in [5.41, 5.74) is -0.0162. The van der Waals surface area contributed by atoms with Crippen LogP contribution in [-0.4, -0.2) is 84.4 Å². The van der Waals surface area contributed by atoms with Gasteiger partial charge in [0, 0.05) is 43.8 Å². The second-order valence-corrected chi connectivity index (χ2v) is 8.95. The molecule has 1 aromatic rings. The number of esters is 1. The Morgan fingerprint density at radius 2 is 1.52 bits per heavy atom. The van der Waals surface area contributed by atoms with Crippen molar-refractivity contribution in [3.05, 3.63) is 59.2 Å². The van der Waals surface area contributed by atoms with Crippen molar-refractivity contribution >= 4 is 18.2 Å². The fourth-order valence-electron chi connectivity index (χ4n) is 3.40. The summed E-state index contributed by atoms with van der Waals surface area (Å²) in [6, 6.07) is 8.78. The molecule has 9 nitrogen and oxygen atoms in total. The first-order valence-electron chi connectivity index (χ1n) is 12.8. The average molecular weight is 613 g/mol. The fraction of sp³-hybridized carbons (Fsp3) is 0.519. The highest BCUT2D eigenvalue weighted by atomic mass is 19.4. The van der Waals surface area contributed by atoms with Gasteiger partial charge >= 0.3 is 18.3 Å². The van der Waals surface area contributed by atoms with E-state index in [4.69, 9.17) is 9.84 Å². The predicted molar refractivity (Wildman–Crippen MR) is 137 cm³/mol. The van der Waals surface area contributed by atoms with Crippen LogP contribution in [0.25, 0.3) is 0 Å². The van der Waals surface area contributed by atoms with Crippen LogP contribution in [0.15, 0.2) is 53.6 Å². The summed E-state index contributed by atoms with van der Waals surface area (Å²) < 4.78 is 81.0. The molecule has 0 bridgehead atoms. The molecule has 2 unspecified atom stereocenters. The van der Waals surface area contributed by atoms with Crippen LogP contribution in [0, 0.1) is 0 Å². The van der Waals surface area contributed by atoms with E-state index in [2.05, 4.69) is 10.1 Å². The van der Waals surface area contributed by atoms with E-state index in [0.29, 0.717) is 12.5 Å². The van der Waals surface area contributed by atoms with Crippen LogP contribution in [0.3, 0.4) is 0 Å². The van der Waals surface area contributed by atoms with Gasteiger partial charge in [0.15, 0.2) is 6.23 Å². The third-order valence-electron chi connectivity index (χ3n) is 5.32. The van der Waals surface area contributed by atoms with Gasteiger partial charge in [-0.05, 0) is 17.6 Å². The van der Waals surface area contributed by atoms with E-state index in [0.717, 1.165) is 55.5 Å². The van der Waals surface area contributed by atoms with Crippen LogP contribution >= 0.6 is 0 Å². The molecular weight excluding hydrogens is 578 g/mol. The summed E-state index contributed by atoms with van der Waals surface area (Å²) in [5.74, 6) is -1.54. The van der Waals surface area contributed by atoms with Gasteiger partial charge in [-0.25, -0.2) is 4.79 Å². The van der Waals surface area contributed by atoms with Gasteiger partial charge < -0.3 is 34.7 Å². The van der Waals surface area contributed by atoms with E-state index in [9.17, 15) is 45.8 Å². The maximum atomic E-state index is 12.3. The van der Waals surface area contributed by atoms with Gasteiger partial charge in [-0.3, -0.25) is 4.79 Å². The highest BCUT2D eigenvalue weighted by molar-refractivity contribution is 5.91. The number of hydrogen-bond acceptors (Lipinski definition) is 8. The maximum absolute atomic E-state index is 12.3. The first kappa shape index (κ1) is 36.8. The van der Waals surface area contributed by atoms with Crippen molar-refractivity contribution in [2.24, 2.45) is 0 Å². The Kier molecular flexibility index (Phi) is 16.0. The molecule has 0 radical (unpaired) electrons. The van der Waals surface area contributed by atoms with Gasteiger partial charge in [-0.15, -0.1) is 0 Å². The molecule has 1 saturated heterocycles. The van der Waals surface area contributed by atoms with Gasteiger partial charge in [0.25, 0.3) is 0 Å². The SMILES string of the molecule is C1COCCN1.CCCC=O.O=C1C=C(CC(F)(F)F)C(O)N1Cc1ccccc1.O=C1C=C(CC(F)(F)F)C(O)O1. The number of nitrogens with one attached hydrogen (secondary N) is 1. The lowest BCUT2D eigenvalue weighted by Gasteiger charge is -2.23. The van der Waals surface area contributed by atoms with Crippen LogP contribution in [0.5, 0.6) is 0 Å². The molecule has 3 aliphatic heterocycles. The number of rotatable bonds is 6. The number of aliphatic hydroxyl groups is 2. The second kappa shape index (κ2) is 18.3. The molecule has 3 aliphatic rings. The largest absolute Gasteiger partial charge is 0.429 e. The van der Waals surface area contributed by atoms with Crippen LogP contribution < -0.4 is 5.32 Å². The van der Waals surface area contributed by atoms with Crippen molar-refractivity contribution in [1.82, 2.24) is 10.2 Å². The lowest BCUT2D eigenvalue weighted by Crippen LogP contribution is -2.35. The topological polar surface area (TPSA) is 125 Å². The Bertz CT molecular complexity index is 1030. The summed E-state index contributed by atoms with van der Waals surface area (Å²) >= 11 is 0. The summed E-state index contributed by atoms with van der Waals surface area (Å²) in [4.78, 5) is 32.3. The molecule has 0 saturated carbocycles. The normalized spacial score (nSPS) is 20.1. The summed E-state index contributed by atoms with van der Waals surface area (Å²) in [6.07, 6.45) is -10.6. The first-order valence-corrected chi connectivity index (χ1v) is 12.8. The number of aldehydes is 1. The molecule has 1 aromatic carbocycles. The maximum Gasteiger partial charge on any atom is 0.392 e. The number of hydrogen-bond donors (Lipinski definition) is 3. The zero-order valence-corrected chi connectivity index (χ0v) is 22.8. The van der Waals surface area contributed by atoms with Crippen molar-refractivity contribution in [3.63, 3.8) is 0 Å². The van der Waals surface area contributed by atoms with E-state index < -0.39 is 55.2 Å². The molecule has 0 aromatic heterocycles. The fourth-order valence-corrected chi connectivity index (χ4v) is 3.40. The molecular formula is C27H34F6N2O7. The van der Waals surface area contributed by atoms with Gasteiger partial charge in [-0.1, -0.05) is 37.3 Å². The average Bonchev–Trinajstić information content (AvgIpc) is 3.36. The number of ether oxygens (including phenoxy) is 2. The number of carbonyl (C=O) groups is 3. The van der Waals surface area contributed by atoms with Crippen molar-refractivity contribution in [1.29, 1.82) is 0 Å². The number of amides is 1. The number of morpholine rings is 1. The number of aliphatic hydroxyl groups excluding tert-OH is 2. The van der Waals surface area contributed by atoms with Crippen LogP contribution in [0.1, 0.15) is 38.2 Å². The Hall–Kier alpha value is -3.27. The molecule has 0 aliphatic carbocycles. The van der Waals surface area contributed by atoms with Crippen molar-refractivity contribution in [2.45, 2.75) is 64.0 Å². The van der Waals surface area contributed by atoms with Crippen LogP contribution in [0.4, 0.5) is 26.3 Å². The van der Waals surface area contributed by atoms with Crippen molar-refractivity contribution in [3.8, 4) is 0 Å². The van der Waals surface area contributed by atoms with Crippen LogP contribution in [-0.2, 0) is 30.4 Å². The Labute approximate surface area is 238 Å². The molecule has 0 spiro atoms. The van der Waals surface area contributed by atoms with Crippen LogP contribution in [0.2, 0.25) is 0 Å². The summed E-state index contributed by atoms with van der Waals surface area (Å²) in [6.45, 7) is 5.90. The standard InChI is InChI=1S/C13H12F3NO2.C6H5F3O3.C4H9NO.C4H8O/c14-13(15,16)7-10-6-11(18)17(12(10)19)8-9-4-2-1-3-5-9;7-6(8,9)2-3-1-4(10)12-5(3)11;1-3-6-4-2-5-1;1-2-3-4-5/h1-6,12,19H,7-8H2;1,5,11H,2H2;5H,1-4H2;4H,2-3H2,1H3. The Balaban J connectivity index is 0.000000324. The van der Waals surface area contributed by atoms with E-state index in [-0.39, 0.29) is 12.1 Å². The molecule has 42 heavy (non-hydrogen) atoms. The van der Waals surface area contributed by atoms with Gasteiger partial charge in [0.1, 0.15) is 6.29 Å². The zero-order chi connectivity index (χ0) is 31.8. The number of halogens is 6. The summed E-state index contributed by atoms with van der Waals surface area (Å²) in [7, 11) is 0. The number of carbonyl (C=O) groups excluding carboxylic acids is 3. The van der Waals surface area contributed by atoms with E-state index in [1.54, 1.807) is 30.3 Å². The quantitative estimate of drug-likeness (QED) is 0.253. The third-order valence-corrected chi connectivity index (χ3v) is 5.32. The molecule has 3 N–H and O–H groups in total. The summed E-state index contributed by atoms with van der Waals surface area (Å²) in [5, 5.41) is 21.7. The second-order valence-electron chi connectivity index (χ2n) is 8.95. The first-order chi connectivity index (χ1) is 19.7. The number of alkyl halides is 6. The molecule has 4 rings (SSSR count). The lowest BCUT2D eigenvalue weighted by atomic mass is 10.1. The van der Waals surface area contributed by atoms with Gasteiger partial charge in [0.2, 0.25) is 12.2 Å². The van der Waals surface area contributed by atoms with Crippen molar-refractivity contribution in [2.75, 3.05) is 26.3 Å². The van der Waals surface area contributed by atoms with Gasteiger partial charge in [-0.2, -0.15) is 26.3 Å². The molecule has 1 fully saturated rings. The molecule has 15 heteroatoms. The smallest absolute Gasteiger partial charge is 0.392 e. The predicted octanol–water partition coefficient (Wildman–Crippen LogP) is 3.56. The minimum absolute atomic E-state index is 0.0820. The minimum atomic E-state index is -4.43. The van der Waals surface area contributed by atoms with E-state index in [1.807, 2.05) is 6.92 Å².